The molecule has 2 aliphatic heterocycles. The predicted octanol–water partition coefficient (Wildman–Crippen LogP) is 1.49. The summed E-state index contributed by atoms with van der Waals surface area (Å²) in [6, 6.07) is 11.2. The number of halogens is 1. The fraction of sp³-hybridized carbons (Fsp3) is 0.455. The van der Waals surface area contributed by atoms with Gasteiger partial charge in [-0.05, 0) is 54.3 Å². The molecule has 0 aliphatic carbocycles. The molecule has 8 heteroatoms. The summed E-state index contributed by atoms with van der Waals surface area (Å²) in [7, 11) is 0. The van der Waals surface area contributed by atoms with Crippen LogP contribution in [0, 0.1) is 0 Å². The Hall–Kier alpha value is -1.71. The first-order chi connectivity index (χ1) is 14.4. The van der Waals surface area contributed by atoms with Crippen molar-refractivity contribution in [3.05, 3.63) is 63.7 Å². The van der Waals surface area contributed by atoms with Gasteiger partial charge in [0.25, 0.3) is 0 Å². The minimum absolute atomic E-state index is 0.121. The van der Waals surface area contributed by atoms with Crippen molar-refractivity contribution in [2.24, 2.45) is 0 Å². The van der Waals surface area contributed by atoms with Crippen molar-refractivity contribution >= 4 is 11.6 Å². The fourth-order valence-corrected chi connectivity index (χ4v) is 4.33. The summed E-state index contributed by atoms with van der Waals surface area (Å²) in [6.07, 6.45) is -5.07. The third kappa shape index (κ3) is 3.61. The van der Waals surface area contributed by atoms with Crippen molar-refractivity contribution in [1.82, 2.24) is 0 Å². The summed E-state index contributed by atoms with van der Waals surface area (Å²) < 4.78 is 17.1. The van der Waals surface area contributed by atoms with Crippen LogP contribution >= 0.6 is 11.6 Å². The smallest absolute Gasteiger partial charge is 0.225 e. The summed E-state index contributed by atoms with van der Waals surface area (Å²) in [5.74, 6) is -0.894. The van der Waals surface area contributed by atoms with Crippen LogP contribution in [0.5, 0.6) is 5.75 Å². The van der Waals surface area contributed by atoms with E-state index in [2.05, 4.69) is 0 Å². The average Bonchev–Trinajstić information content (AvgIpc) is 3.09. The molecule has 1 spiro atoms. The van der Waals surface area contributed by atoms with E-state index in [1.54, 1.807) is 12.1 Å². The highest BCUT2D eigenvalue weighted by Gasteiger charge is 2.58. The highest BCUT2D eigenvalue weighted by molar-refractivity contribution is 6.31. The molecule has 2 aliphatic rings. The van der Waals surface area contributed by atoms with E-state index in [0.29, 0.717) is 23.6 Å². The summed E-state index contributed by atoms with van der Waals surface area (Å²) in [4.78, 5) is 0. The molecule has 5 atom stereocenters. The summed E-state index contributed by atoms with van der Waals surface area (Å²) in [5.41, 5.74) is 3.06. The maximum Gasteiger partial charge on any atom is 0.225 e. The highest BCUT2D eigenvalue weighted by Crippen LogP contribution is 2.47. The van der Waals surface area contributed by atoms with Gasteiger partial charge in [-0.15, -0.1) is 0 Å². The standard InChI is InChI=1S/C22H25ClO7/c1-2-28-15-5-3-12(4-6-15)7-13-8-16-14(9-17(13)23)11-29-22(16)21(27)20(26)19(25)18(10-24)30-22/h3-6,8-9,18-21,24-27H,2,7,10-11H2,1H3/t18-,19-,20+,21-,22+/m1/s1. The Bertz CT molecular complexity index is 901. The Morgan fingerprint density at radius 1 is 1.13 bits per heavy atom. The van der Waals surface area contributed by atoms with E-state index >= 15 is 0 Å². The topological polar surface area (TPSA) is 109 Å². The second-order valence-corrected chi connectivity index (χ2v) is 7.98. The number of hydrogen-bond donors (Lipinski definition) is 4. The number of aliphatic hydroxyl groups is 4. The van der Waals surface area contributed by atoms with E-state index in [9.17, 15) is 20.4 Å². The van der Waals surface area contributed by atoms with Gasteiger partial charge in [-0.1, -0.05) is 23.7 Å². The van der Waals surface area contributed by atoms with E-state index in [1.807, 2.05) is 31.2 Å². The molecule has 2 heterocycles. The number of rotatable bonds is 5. The van der Waals surface area contributed by atoms with E-state index < -0.39 is 36.8 Å². The summed E-state index contributed by atoms with van der Waals surface area (Å²) in [6.45, 7) is 2.11. The minimum Gasteiger partial charge on any atom is -0.494 e. The maximum absolute atomic E-state index is 10.7. The molecule has 4 rings (SSSR count). The van der Waals surface area contributed by atoms with Gasteiger partial charge < -0.3 is 34.6 Å². The van der Waals surface area contributed by atoms with Gasteiger partial charge in [0.05, 0.1) is 19.8 Å². The van der Waals surface area contributed by atoms with Crippen LogP contribution in [0.2, 0.25) is 5.02 Å². The zero-order chi connectivity index (χ0) is 21.5. The van der Waals surface area contributed by atoms with Gasteiger partial charge in [-0.25, -0.2) is 0 Å². The molecule has 2 aromatic carbocycles. The van der Waals surface area contributed by atoms with Gasteiger partial charge in [0, 0.05) is 10.6 Å². The zero-order valence-electron chi connectivity index (χ0n) is 16.5. The van der Waals surface area contributed by atoms with Crippen molar-refractivity contribution in [2.45, 2.75) is 50.2 Å². The molecule has 30 heavy (non-hydrogen) atoms. The molecule has 0 bridgehead atoms. The van der Waals surface area contributed by atoms with Gasteiger partial charge >= 0.3 is 0 Å². The van der Waals surface area contributed by atoms with Gasteiger partial charge in [0.15, 0.2) is 0 Å². The lowest BCUT2D eigenvalue weighted by Gasteiger charge is -2.46. The van der Waals surface area contributed by atoms with E-state index in [0.717, 1.165) is 22.4 Å². The molecule has 0 saturated carbocycles. The Labute approximate surface area is 179 Å². The number of ether oxygens (including phenoxy) is 3. The lowest BCUT2D eigenvalue weighted by atomic mass is 9.86. The zero-order valence-corrected chi connectivity index (χ0v) is 17.2. The van der Waals surface area contributed by atoms with Crippen molar-refractivity contribution in [1.29, 1.82) is 0 Å². The fourth-order valence-electron chi connectivity index (χ4n) is 4.07. The molecule has 0 unspecified atom stereocenters. The Balaban J connectivity index is 1.67. The van der Waals surface area contributed by atoms with Gasteiger partial charge in [-0.3, -0.25) is 0 Å². The molecule has 4 N–H and O–H groups in total. The molecule has 7 nitrogen and oxygen atoms in total. The monoisotopic (exact) mass is 436 g/mol. The van der Waals surface area contributed by atoms with Crippen LogP contribution in [0.25, 0.3) is 0 Å². The van der Waals surface area contributed by atoms with Crippen LogP contribution in [0.1, 0.15) is 29.2 Å². The SMILES string of the molecule is CCOc1ccc(Cc2cc3c(cc2Cl)CO[C@]32O[C@H](CO)[C@@H](O)[C@H](O)[C@H]2O)cc1. The molecule has 1 saturated heterocycles. The maximum atomic E-state index is 10.7. The van der Waals surface area contributed by atoms with Crippen LogP contribution in [-0.2, 0) is 28.3 Å². The molecule has 2 aromatic rings. The summed E-state index contributed by atoms with van der Waals surface area (Å²) in [5, 5.41) is 41.2. The molecular weight excluding hydrogens is 412 g/mol. The van der Waals surface area contributed by atoms with Crippen LogP contribution in [0.3, 0.4) is 0 Å². The Morgan fingerprint density at radius 3 is 2.53 bits per heavy atom. The van der Waals surface area contributed by atoms with E-state index in [-0.39, 0.29) is 6.61 Å². The van der Waals surface area contributed by atoms with Crippen molar-refractivity contribution in [3.63, 3.8) is 0 Å². The molecule has 0 amide bonds. The van der Waals surface area contributed by atoms with Crippen LogP contribution in [-0.4, -0.2) is 58.1 Å². The molecule has 1 fully saturated rings. The molecule has 162 valence electrons. The minimum atomic E-state index is -1.68. The van der Waals surface area contributed by atoms with Crippen LogP contribution < -0.4 is 4.74 Å². The number of hydrogen-bond acceptors (Lipinski definition) is 7. The first-order valence-corrected chi connectivity index (χ1v) is 10.3. The largest absolute Gasteiger partial charge is 0.494 e. The van der Waals surface area contributed by atoms with Crippen molar-refractivity contribution in [3.8, 4) is 5.75 Å². The molecular formula is C22H25ClO7. The van der Waals surface area contributed by atoms with Gasteiger partial charge in [-0.2, -0.15) is 0 Å². The van der Waals surface area contributed by atoms with Crippen LogP contribution in [0.15, 0.2) is 36.4 Å². The van der Waals surface area contributed by atoms with E-state index in [1.165, 1.54) is 0 Å². The quantitative estimate of drug-likeness (QED) is 0.562. The van der Waals surface area contributed by atoms with Crippen LogP contribution in [0.4, 0.5) is 0 Å². The average molecular weight is 437 g/mol. The van der Waals surface area contributed by atoms with Gasteiger partial charge in [0.2, 0.25) is 5.79 Å². The first-order valence-electron chi connectivity index (χ1n) is 9.90. The first kappa shape index (κ1) is 21.5. The number of fused-ring (bicyclic) bond motifs is 2. The lowest BCUT2D eigenvalue weighted by Crippen LogP contribution is -2.63. The second-order valence-electron chi connectivity index (χ2n) is 7.58. The Morgan fingerprint density at radius 2 is 1.87 bits per heavy atom. The third-order valence-electron chi connectivity index (χ3n) is 5.67. The van der Waals surface area contributed by atoms with E-state index in [4.69, 9.17) is 25.8 Å². The predicted molar refractivity (Wildman–Crippen MR) is 108 cm³/mol. The lowest BCUT2D eigenvalue weighted by molar-refractivity contribution is -0.368. The number of aliphatic hydroxyl groups excluding tert-OH is 4. The van der Waals surface area contributed by atoms with Crippen molar-refractivity contribution < 1.29 is 34.6 Å². The normalized spacial score (nSPS) is 30.5. The van der Waals surface area contributed by atoms with Crippen molar-refractivity contribution in [2.75, 3.05) is 13.2 Å². The number of benzene rings is 2. The highest BCUT2D eigenvalue weighted by atomic mass is 35.5. The third-order valence-corrected chi connectivity index (χ3v) is 6.02. The second kappa shape index (κ2) is 8.43. The molecule has 0 radical (unpaired) electrons. The summed E-state index contributed by atoms with van der Waals surface area (Å²) >= 11 is 6.50. The Kier molecular flexibility index (Phi) is 6.05. The van der Waals surface area contributed by atoms with Gasteiger partial charge in [0.1, 0.15) is 30.2 Å². The molecule has 0 aromatic heterocycles.